The predicted molar refractivity (Wildman–Crippen MR) is 80.4 cm³/mol. The quantitative estimate of drug-likeness (QED) is 0.877. The van der Waals surface area contributed by atoms with E-state index in [4.69, 9.17) is 0 Å². The van der Waals surface area contributed by atoms with E-state index in [1.807, 2.05) is 26.8 Å². The van der Waals surface area contributed by atoms with Crippen molar-refractivity contribution in [2.75, 3.05) is 6.54 Å². The van der Waals surface area contributed by atoms with Crippen LogP contribution >= 0.6 is 0 Å². The molecule has 0 saturated heterocycles. The van der Waals surface area contributed by atoms with Gasteiger partial charge in [0.1, 0.15) is 0 Å². The van der Waals surface area contributed by atoms with Gasteiger partial charge in [-0.3, -0.25) is 14.0 Å². The van der Waals surface area contributed by atoms with E-state index in [2.05, 4.69) is 15.6 Å². The maximum Gasteiger partial charge on any atom is 0.287 e. The molecule has 0 aliphatic carbocycles. The summed E-state index contributed by atoms with van der Waals surface area (Å²) in [5.41, 5.74) is 0.892. The molecule has 2 N–H and O–H groups in total. The van der Waals surface area contributed by atoms with Crippen molar-refractivity contribution in [1.82, 2.24) is 20.0 Å². The van der Waals surface area contributed by atoms with Crippen LogP contribution in [-0.2, 0) is 0 Å². The summed E-state index contributed by atoms with van der Waals surface area (Å²) >= 11 is 0. The van der Waals surface area contributed by atoms with Crippen molar-refractivity contribution in [3.8, 4) is 0 Å². The number of rotatable bonds is 5. The van der Waals surface area contributed by atoms with Crippen molar-refractivity contribution in [1.29, 1.82) is 0 Å². The van der Waals surface area contributed by atoms with Crippen LogP contribution < -0.4 is 10.6 Å². The molecular weight excluding hydrogens is 268 g/mol. The standard InChI is InChI=1S/C15H20N4O2/c1-4-8-16-15(21)13-18-12(14(20)17-10(2)3)11-7-5-6-9-19(11)13/h5-7,9-10H,4,8H2,1-3H3,(H,16,21)(H,17,20). The van der Waals surface area contributed by atoms with Crippen LogP contribution in [-0.4, -0.2) is 33.8 Å². The molecule has 0 aliphatic heterocycles. The average Bonchev–Trinajstić information content (AvgIpc) is 2.84. The van der Waals surface area contributed by atoms with Gasteiger partial charge in [-0.15, -0.1) is 0 Å². The Morgan fingerprint density at radius 2 is 2.05 bits per heavy atom. The summed E-state index contributed by atoms with van der Waals surface area (Å²) in [6.07, 6.45) is 2.57. The minimum atomic E-state index is -0.276. The molecule has 6 heteroatoms. The number of pyridine rings is 1. The summed E-state index contributed by atoms with van der Waals surface area (Å²) in [6.45, 7) is 6.32. The summed E-state index contributed by atoms with van der Waals surface area (Å²) < 4.78 is 1.64. The Morgan fingerprint density at radius 1 is 1.29 bits per heavy atom. The number of carbonyl (C=O) groups excluding carboxylic acids is 2. The fraction of sp³-hybridized carbons (Fsp3) is 0.400. The molecule has 0 saturated carbocycles. The summed E-state index contributed by atoms with van der Waals surface area (Å²) in [4.78, 5) is 28.6. The zero-order valence-corrected chi connectivity index (χ0v) is 12.5. The molecule has 21 heavy (non-hydrogen) atoms. The van der Waals surface area contributed by atoms with Crippen LogP contribution in [0.5, 0.6) is 0 Å². The van der Waals surface area contributed by atoms with Gasteiger partial charge in [0.15, 0.2) is 5.69 Å². The maximum atomic E-state index is 12.2. The molecule has 0 atom stereocenters. The van der Waals surface area contributed by atoms with E-state index in [1.54, 1.807) is 22.7 Å². The number of amides is 2. The first-order valence-electron chi connectivity index (χ1n) is 7.10. The molecule has 0 bridgehead atoms. The number of carbonyl (C=O) groups is 2. The van der Waals surface area contributed by atoms with Crippen molar-refractivity contribution in [2.24, 2.45) is 0 Å². The van der Waals surface area contributed by atoms with Gasteiger partial charge >= 0.3 is 0 Å². The minimum absolute atomic E-state index is 0.00956. The summed E-state index contributed by atoms with van der Waals surface area (Å²) in [5.74, 6) is -0.321. The molecule has 0 unspecified atom stereocenters. The van der Waals surface area contributed by atoms with Crippen molar-refractivity contribution in [2.45, 2.75) is 33.2 Å². The van der Waals surface area contributed by atoms with Crippen LogP contribution in [0.15, 0.2) is 24.4 Å². The molecule has 2 amide bonds. The maximum absolute atomic E-state index is 12.2. The number of fused-ring (bicyclic) bond motifs is 1. The highest BCUT2D eigenvalue weighted by atomic mass is 16.2. The minimum Gasteiger partial charge on any atom is -0.349 e. The van der Waals surface area contributed by atoms with Crippen molar-refractivity contribution in [3.63, 3.8) is 0 Å². The molecule has 2 rings (SSSR count). The van der Waals surface area contributed by atoms with E-state index in [1.165, 1.54) is 0 Å². The monoisotopic (exact) mass is 288 g/mol. The SMILES string of the molecule is CCCNC(=O)c1nc(C(=O)NC(C)C)c2ccccn12. The molecule has 2 heterocycles. The average molecular weight is 288 g/mol. The highest BCUT2D eigenvalue weighted by Crippen LogP contribution is 2.13. The molecule has 6 nitrogen and oxygen atoms in total. The second-order valence-corrected chi connectivity index (χ2v) is 5.12. The Bertz CT molecular complexity index is 661. The van der Waals surface area contributed by atoms with Gasteiger partial charge in [-0.2, -0.15) is 0 Å². The number of imidazole rings is 1. The van der Waals surface area contributed by atoms with Crippen LogP contribution in [0.3, 0.4) is 0 Å². The Labute approximate surface area is 123 Å². The molecule has 0 radical (unpaired) electrons. The predicted octanol–water partition coefficient (Wildman–Crippen LogP) is 1.61. The molecule has 2 aromatic heterocycles. The summed E-state index contributed by atoms with van der Waals surface area (Å²) in [5, 5.41) is 5.58. The number of aromatic nitrogens is 2. The van der Waals surface area contributed by atoms with E-state index in [9.17, 15) is 9.59 Å². The van der Waals surface area contributed by atoms with E-state index >= 15 is 0 Å². The Kier molecular flexibility index (Phi) is 4.57. The first-order valence-corrected chi connectivity index (χ1v) is 7.10. The molecule has 0 aromatic carbocycles. The van der Waals surface area contributed by atoms with Crippen LogP contribution in [0, 0.1) is 0 Å². The fourth-order valence-electron chi connectivity index (χ4n) is 2.01. The van der Waals surface area contributed by atoms with Gasteiger partial charge in [-0.05, 0) is 32.4 Å². The third-order valence-corrected chi connectivity index (χ3v) is 2.92. The molecular formula is C15H20N4O2. The third-order valence-electron chi connectivity index (χ3n) is 2.92. The molecule has 0 fully saturated rings. The van der Waals surface area contributed by atoms with E-state index < -0.39 is 0 Å². The number of hydrogen-bond donors (Lipinski definition) is 2. The van der Waals surface area contributed by atoms with Crippen LogP contribution in [0.4, 0.5) is 0 Å². The van der Waals surface area contributed by atoms with Gasteiger partial charge in [0.05, 0.1) is 5.52 Å². The zero-order chi connectivity index (χ0) is 15.4. The highest BCUT2D eigenvalue weighted by Gasteiger charge is 2.21. The zero-order valence-electron chi connectivity index (χ0n) is 12.5. The van der Waals surface area contributed by atoms with Gasteiger partial charge in [0.2, 0.25) is 5.82 Å². The Balaban J connectivity index is 2.43. The first-order chi connectivity index (χ1) is 10.0. The smallest absolute Gasteiger partial charge is 0.287 e. The largest absolute Gasteiger partial charge is 0.349 e. The van der Waals surface area contributed by atoms with Gasteiger partial charge in [-0.25, -0.2) is 4.98 Å². The lowest BCUT2D eigenvalue weighted by molar-refractivity contribution is 0.0940. The van der Waals surface area contributed by atoms with Crippen molar-refractivity contribution in [3.05, 3.63) is 35.9 Å². The highest BCUT2D eigenvalue weighted by molar-refractivity contribution is 6.02. The van der Waals surface area contributed by atoms with Gasteiger partial charge < -0.3 is 10.6 Å². The van der Waals surface area contributed by atoms with E-state index in [0.29, 0.717) is 12.1 Å². The van der Waals surface area contributed by atoms with Crippen molar-refractivity contribution < 1.29 is 9.59 Å². The summed E-state index contributed by atoms with van der Waals surface area (Å²) in [6, 6.07) is 5.40. The van der Waals surface area contributed by atoms with Crippen LogP contribution in [0.2, 0.25) is 0 Å². The third kappa shape index (κ3) is 3.21. The normalized spacial score (nSPS) is 10.9. The molecule has 112 valence electrons. The first kappa shape index (κ1) is 15.0. The second-order valence-electron chi connectivity index (χ2n) is 5.12. The number of hydrogen-bond acceptors (Lipinski definition) is 3. The van der Waals surface area contributed by atoms with Crippen LogP contribution in [0.1, 0.15) is 48.3 Å². The van der Waals surface area contributed by atoms with Gasteiger partial charge in [0.25, 0.3) is 11.8 Å². The number of nitrogens with zero attached hydrogens (tertiary/aromatic N) is 2. The van der Waals surface area contributed by atoms with Crippen LogP contribution in [0.25, 0.3) is 5.52 Å². The molecule has 0 spiro atoms. The van der Waals surface area contributed by atoms with Crippen molar-refractivity contribution >= 4 is 17.3 Å². The van der Waals surface area contributed by atoms with Gasteiger partial charge in [0, 0.05) is 18.8 Å². The van der Waals surface area contributed by atoms with Gasteiger partial charge in [-0.1, -0.05) is 13.0 Å². The molecule has 0 aliphatic rings. The second kappa shape index (κ2) is 6.39. The summed E-state index contributed by atoms with van der Waals surface area (Å²) in [7, 11) is 0. The lowest BCUT2D eigenvalue weighted by Gasteiger charge is -2.06. The van der Waals surface area contributed by atoms with E-state index in [0.717, 1.165) is 6.42 Å². The fourth-order valence-corrected chi connectivity index (χ4v) is 2.01. The topological polar surface area (TPSA) is 75.5 Å². The lowest BCUT2D eigenvalue weighted by Crippen LogP contribution is -2.30. The number of nitrogens with one attached hydrogen (secondary N) is 2. The Morgan fingerprint density at radius 3 is 2.71 bits per heavy atom. The Hall–Kier alpha value is -2.37. The van der Waals surface area contributed by atoms with E-state index in [-0.39, 0.29) is 29.4 Å². The molecule has 2 aromatic rings. The lowest BCUT2D eigenvalue weighted by atomic mass is 10.3.